The summed E-state index contributed by atoms with van der Waals surface area (Å²) < 4.78 is 0. The molecule has 0 saturated heterocycles. The molecule has 23 heavy (non-hydrogen) atoms. The van der Waals surface area contributed by atoms with Gasteiger partial charge in [-0.05, 0) is 42.7 Å². The number of carbonyl (C=O) groups is 2. The monoisotopic (exact) mass is 328 g/mol. The largest absolute Gasteiger partial charge is 0.326 e. The highest BCUT2D eigenvalue weighted by molar-refractivity contribution is 6.32. The lowest BCUT2D eigenvalue weighted by atomic mass is 9.95. The second-order valence-corrected chi connectivity index (χ2v) is 6.19. The van der Waals surface area contributed by atoms with Crippen LogP contribution in [-0.4, -0.2) is 11.8 Å². The minimum atomic E-state index is -0.539. The van der Waals surface area contributed by atoms with Gasteiger partial charge in [-0.15, -0.1) is 0 Å². The zero-order chi connectivity index (χ0) is 16.4. The maximum Gasteiger partial charge on any atom is 0.235 e. The molecule has 0 atom stereocenters. The quantitative estimate of drug-likeness (QED) is 0.892. The summed E-state index contributed by atoms with van der Waals surface area (Å²) >= 11 is 6.25. The van der Waals surface area contributed by atoms with Crippen LogP contribution in [0.1, 0.15) is 25.3 Å². The summed E-state index contributed by atoms with van der Waals surface area (Å²) in [6, 6.07) is 14.6. The van der Waals surface area contributed by atoms with Crippen LogP contribution < -0.4 is 10.6 Å². The number of nitrogens with one attached hydrogen (secondary N) is 2. The second kappa shape index (κ2) is 6.05. The van der Waals surface area contributed by atoms with E-state index < -0.39 is 5.41 Å². The molecule has 2 aromatic rings. The third-order valence-corrected chi connectivity index (χ3v) is 4.34. The molecule has 1 aliphatic carbocycles. The molecular weight excluding hydrogens is 312 g/mol. The first kappa shape index (κ1) is 15.6. The highest BCUT2D eigenvalue weighted by Gasteiger charge is 2.52. The number of hydrogen-bond acceptors (Lipinski definition) is 2. The van der Waals surface area contributed by atoms with E-state index in [-0.39, 0.29) is 11.8 Å². The van der Waals surface area contributed by atoms with Crippen LogP contribution in [0, 0.1) is 0 Å². The van der Waals surface area contributed by atoms with Crippen molar-refractivity contribution in [3.05, 3.63) is 59.1 Å². The normalized spacial score (nSPS) is 14.9. The van der Waals surface area contributed by atoms with Gasteiger partial charge in [-0.2, -0.15) is 0 Å². The molecule has 0 bridgehead atoms. The van der Waals surface area contributed by atoms with Crippen molar-refractivity contribution in [3.8, 4) is 0 Å². The number of amides is 2. The van der Waals surface area contributed by atoms with Gasteiger partial charge in [0.1, 0.15) is 0 Å². The minimum absolute atomic E-state index is 0.0643. The molecule has 2 aromatic carbocycles. The highest BCUT2D eigenvalue weighted by atomic mass is 35.5. The molecule has 2 amide bonds. The van der Waals surface area contributed by atoms with Crippen LogP contribution in [0.2, 0.25) is 5.02 Å². The molecule has 1 saturated carbocycles. The Morgan fingerprint density at radius 3 is 2.26 bits per heavy atom. The van der Waals surface area contributed by atoms with E-state index in [1.807, 2.05) is 24.3 Å². The van der Waals surface area contributed by atoms with Gasteiger partial charge >= 0.3 is 0 Å². The van der Waals surface area contributed by atoms with Gasteiger partial charge in [-0.25, -0.2) is 0 Å². The maximum absolute atomic E-state index is 12.7. The summed E-state index contributed by atoms with van der Waals surface area (Å²) in [4.78, 5) is 23.9. The molecule has 0 aliphatic heterocycles. The first-order valence-electron chi connectivity index (χ1n) is 7.45. The predicted molar refractivity (Wildman–Crippen MR) is 91.7 cm³/mol. The molecule has 0 aromatic heterocycles. The third kappa shape index (κ3) is 3.22. The molecule has 1 fully saturated rings. The van der Waals surface area contributed by atoms with Gasteiger partial charge in [0.15, 0.2) is 0 Å². The van der Waals surface area contributed by atoms with Crippen molar-refractivity contribution in [1.82, 2.24) is 0 Å². The van der Waals surface area contributed by atoms with E-state index in [2.05, 4.69) is 10.6 Å². The lowest BCUT2D eigenvalue weighted by molar-refractivity contribution is -0.118. The zero-order valence-electron chi connectivity index (χ0n) is 12.7. The topological polar surface area (TPSA) is 58.2 Å². The maximum atomic E-state index is 12.7. The molecular formula is C18H17ClN2O2. The van der Waals surface area contributed by atoms with Crippen LogP contribution in [0.5, 0.6) is 0 Å². The molecule has 0 heterocycles. The van der Waals surface area contributed by atoms with Gasteiger partial charge in [-0.1, -0.05) is 35.9 Å². The number of anilines is 2. The molecule has 118 valence electrons. The Kier molecular flexibility index (Phi) is 4.09. The van der Waals surface area contributed by atoms with Crippen LogP contribution in [0.4, 0.5) is 11.4 Å². The lowest BCUT2D eigenvalue weighted by Crippen LogP contribution is -2.28. The predicted octanol–water partition coefficient (Wildman–Crippen LogP) is 3.97. The SMILES string of the molecule is CC(=O)Nc1cccc(NC(=O)C2(c3ccccc3Cl)CC2)c1. The van der Waals surface area contributed by atoms with Crippen LogP contribution >= 0.6 is 11.6 Å². The van der Waals surface area contributed by atoms with Crippen LogP contribution in [0.25, 0.3) is 0 Å². The van der Waals surface area contributed by atoms with Crippen LogP contribution in [-0.2, 0) is 15.0 Å². The van der Waals surface area contributed by atoms with E-state index in [0.29, 0.717) is 16.4 Å². The number of rotatable bonds is 4. The third-order valence-electron chi connectivity index (χ3n) is 4.01. The molecule has 4 nitrogen and oxygen atoms in total. The number of carbonyl (C=O) groups excluding carboxylic acids is 2. The van der Waals surface area contributed by atoms with Crippen molar-refractivity contribution < 1.29 is 9.59 Å². The summed E-state index contributed by atoms with van der Waals surface area (Å²) in [5.74, 6) is -0.214. The fourth-order valence-electron chi connectivity index (χ4n) is 2.72. The molecule has 5 heteroatoms. The number of halogens is 1. The van der Waals surface area contributed by atoms with Crippen molar-refractivity contribution in [1.29, 1.82) is 0 Å². The Labute approximate surface area is 139 Å². The molecule has 2 N–H and O–H groups in total. The summed E-state index contributed by atoms with van der Waals surface area (Å²) in [6.45, 7) is 1.45. The van der Waals surface area contributed by atoms with Crippen molar-refractivity contribution in [3.63, 3.8) is 0 Å². The fraction of sp³-hybridized carbons (Fsp3) is 0.222. The Bertz CT molecular complexity index is 769. The summed E-state index contributed by atoms with van der Waals surface area (Å²) in [6.07, 6.45) is 1.57. The smallest absolute Gasteiger partial charge is 0.235 e. The van der Waals surface area contributed by atoms with Crippen molar-refractivity contribution in [2.24, 2.45) is 0 Å². The van der Waals surface area contributed by atoms with E-state index in [0.717, 1.165) is 18.4 Å². The van der Waals surface area contributed by atoms with Crippen LogP contribution in [0.3, 0.4) is 0 Å². The highest BCUT2D eigenvalue weighted by Crippen LogP contribution is 2.51. The average Bonchev–Trinajstić information content (AvgIpc) is 3.29. The second-order valence-electron chi connectivity index (χ2n) is 5.78. The zero-order valence-corrected chi connectivity index (χ0v) is 13.5. The summed E-state index contributed by atoms with van der Waals surface area (Å²) in [7, 11) is 0. The van der Waals surface area contributed by atoms with Gasteiger partial charge in [-0.3, -0.25) is 9.59 Å². The van der Waals surface area contributed by atoms with E-state index in [9.17, 15) is 9.59 Å². The Morgan fingerprint density at radius 1 is 1.00 bits per heavy atom. The Morgan fingerprint density at radius 2 is 1.65 bits per heavy atom. The standard InChI is InChI=1S/C18H17ClN2O2/c1-12(22)20-13-5-4-6-14(11-13)21-17(23)18(9-10-18)15-7-2-3-8-16(15)19/h2-8,11H,9-10H2,1H3,(H,20,22)(H,21,23). The molecule has 1 aliphatic rings. The fourth-order valence-corrected chi connectivity index (χ4v) is 3.04. The Hall–Kier alpha value is -2.33. The van der Waals surface area contributed by atoms with E-state index in [1.165, 1.54) is 6.92 Å². The summed E-state index contributed by atoms with van der Waals surface area (Å²) in [5, 5.41) is 6.26. The van der Waals surface area contributed by atoms with Crippen LogP contribution in [0.15, 0.2) is 48.5 Å². The number of benzene rings is 2. The van der Waals surface area contributed by atoms with Gasteiger partial charge in [0, 0.05) is 23.3 Å². The van der Waals surface area contributed by atoms with Gasteiger partial charge in [0.05, 0.1) is 5.41 Å². The molecule has 0 radical (unpaired) electrons. The minimum Gasteiger partial charge on any atom is -0.326 e. The van der Waals surface area contributed by atoms with Gasteiger partial charge in [0.2, 0.25) is 11.8 Å². The first-order valence-corrected chi connectivity index (χ1v) is 7.83. The number of hydrogen-bond donors (Lipinski definition) is 2. The van der Waals surface area contributed by atoms with E-state index in [4.69, 9.17) is 11.6 Å². The molecule has 0 unspecified atom stereocenters. The average molecular weight is 329 g/mol. The van der Waals surface area contributed by atoms with E-state index >= 15 is 0 Å². The first-order chi connectivity index (χ1) is 11.0. The van der Waals surface area contributed by atoms with Crippen molar-refractivity contribution in [2.45, 2.75) is 25.2 Å². The van der Waals surface area contributed by atoms with E-state index in [1.54, 1.807) is 24.3 Å². The van der Waals surface area contributed by atoms with Crippen molar-refractivity contribution >= 4 is 34.8 Å². The van der Waals surface area contributed by atoms with Crippen molar-refractivity contribution in [2.75, 3.05) is 10.6 Å². The van der Waals surface area contributed by atoms with Gasteiger partial charge in [0.25, 0.3) is 0 Å². The molecule has 0 spiro atoms. The lowest BCUT2D eigenvalue weighted by Gasteiger charge is -2.17. The van der Waals surface area contributed by atoms with Gasteiger partial charge < -0.3 is 10.6 Å². The molecule has 3 rings (SSSR count). The summed E-state index contributed by atoms with van der Waals surface area (Å²) in [5.41, 5.74) is 1.64. The Balaban J connectivity index is 1.80.